The van der Waals surface area contributed by atoms with E-state index in [4.69, 9.17) is 14.9 Å². The monoisotopic (exact) mass is 344 g/mol. The summed E-state index contributed by atoms with van der Waals surface area (Å²) in [5.74, 6) is 0.312. The van der Waals surface area contributed by atoms with Gasteiger partial charge in [0.1, 0.15) is 22.1 Å². The maximum atomic E-state index is 12.3. The Morgan fingerprint density at radius 1 is 1.29 bits per heavy atom. The van der Waals surface area contributed by atoms with E-state index in [1.165, 1.54) is 11.3 Å². The molecule has 0 aliphatic rings. The van der Waals surface area contributed by atoms with Gasteiger partial charge in [0.2, 0.25) is 5.91 Å². The number of benzene rings is 1. The lowest BCUT2D eigenvalue weighted by atomic mass is 10.1. The van der Waals surface area contributed by atoms with E-state index in [1.54, 1.807) is 24.8 Å². The van der Waals surface area contributed by atoms with Crippen LogP contribution in [0.1, 0.15) is 16.3 Å². The van der Waals surface area contributed by atoms with Crippen LogP contribution in [0.3, 0.4) is 0 Å². The zero-order valence-corrected chi connectivity index (χ0v) is 13.9. The molecule has 0 saturated carbocycles. The van der Waals surface area contributed by atoms with Crippen molar-refractivity contribution < 1.29 is 18.7 Å². The summed E-state index contributed by atoms with van der Waals surface area (Å²) in [5.41, 5.74) is 7.28. The number of aromatic nitrogens is 1. The first kappa shape index (κ1) is 16.2. The Bertz CT molecular complexity index is 897. The number of fused-ring (bicyclic) bond motifs is 1. The second-order valence-electron chi connectivity index (χ2n) is 5.39. The molecule has 3 aromatic rings. The third-order valence-corrected chi connectivity index (χ3v) is 4.45. The van der Waals surface area contributed by atoms with Crippen molar-refractivity contribution in [3.05, 3.63) is 46.1 Å². The van der Waals surface area contributed by atoms with Gasteiger partial charge in [-0.05, 0) is 12.1 Å². The number of hydrogen-bond acceptors (Lipinski definition) is 6. The molecule has 0 atom stereocenters. The molecule has 2 heterocycles. The summed E-state index contributed by atoms with van der Waals surface area (Å²) >= 11 is 1.36. The summed E-state index contributed by atoms with van der Waals surface area (Å²) in [5, 5.41) is 3.34. The molecule has 0 radical (unpaired) electrons. The minimum atomic E-state index is -0.432. The molecule has 3 rings (SSSR count). The maximum Gasteiger partial charge on any atom is 0.223 e. The standard InChI is InChI=1S/C17H16N2O4S/c1-22-13-2-3-14-10(8-23-15(14)7-13)4-12(20)6-17-19-11(9-24-17)5-16(18)21/h2-3,7-9H,4-6H2,1H3,(H2,18,21). The van der Waals surface area contributed by atoms with Gasteiger partial charge in [-0.3, -0.25) is 9.59 Å². The van der Waals surface area contributed by atoms with Crippen molar-refractivity contribution in [3.63, 3.8) is 0 Å². The lowest BCUT2D eigenvalue weighted by Crippen LogP contribution is -2.14. The molecule has 2 N–H and O–H groups in total. The van der Waals surface area contributed by atoms with Crippen molar-refractivity contribution in [1.29, 1.82) is 0 Å². The first-order valence-electron chi connectivity index (χ1n) is 7.32. The van der Waals surface area contributed by atoms with E-state index >= 15 is 0 Å². The van der Waals surface area contributed by atoms with Gasteiger partial charge >= 0.3 is 0 Å². The fourth-order valence-corrected chi connectivity index (χ4v) is 3.28. The Labute approximate surface area is 142 Å². The third kappa shape index (κ3) is 3.62. The summed E-state index contributed by atoms with van der Waals surface area (Å²) in [6.07, 6.45) is 2.19. The van der Waals surface area contributed by atoms with Crippen LogP contribution < -0.4 is 10.5 Å². The highest BCUT2D eigenvalue weighted by Crippen LogP contribution is 2.26. The zero-order valence-electron chi connectivity index (χ0n) is 13.1. The van der Waals surface area contributed by atoms with Crippen molar-refractivity contribution in [2.75, 3.05) is 7.11 Å². The molecule has 0 bridgehead atoms. The molecule has 0 aliphatic heterocycles. The second kappa shape index (κ2) is 6.84. The number of hydrogen-bond donors (Lipinski definition) is 1. The molecule has 0 fully saturated rings. The predicted octanol–water partition coefficient (Wildman–Crippen LogP) is 2.28. The lowest BCUT2D eigenvalue weighted by molar-refractivity contribution is -0.118. The SMILES string of the molecule is COc1ccc2c(CC(=O)Cc3nc(CC(N)=O)cs3)coc2c1. The van der Waals surface area contributed by atoms with Gasteiger partial charge in [0.05, 0.1) is 31.9 Å². The van der Waals surface area contributed by atoms with Gasteiger partial charge in [0.15, 0.2) is 0 Å². The Morgan fingerprint density at radius 3 is 2.88 bits per heavy atom. The van der Waals surface area contributed by atoms with E-state index in [2.05, 4.69) is 4.98 Å². The van der Waals surface area contributed by atoms with Crippen molar-refractivity contribution in [1.82, 2.24) is 4.98 Å². The van der Waals surface area contributed by atoms with Crippen molar-refractivity contribution in [2.45, 2.75) is 19.3 Å². The van der Waals surface area contributed by atoms with Crippen molar-refractivity contribution in [3.8, 4) is 5.75 Å². The number of thiazole rings is 1. The molecule has 2 aromatic heterocycles. The minimum absolute atomic E-state index is 0.0356. The highest BCUT2D eigenvalue weighted by atomic mass is 32.1. The number of nitrogens with zero attached hydrogens (tertiary/aromatic N) is 1. The van der Waals surface area contributed by atoms with E-state index in [9.17, 15) is 9.59 Å². The highest BCUT2D eigenvalue weighted by Gasteiger charge is 2.14. The fraction of sp³-hybridized carbons (Fsp3) is 0.235. The molecule has 0 unspecified atom stereocenters. The predicted molar refractivity (Wildman–Crippen MR) is 90.2 cm³/mol. The van der Waals surface area contributed by atoms with Gasteiger partial charge in [0.25, 0.3) is 0 Å². The Morgan fingerprint density at radius 2 is 2.12 bits per heavy atom. The first-order chi connectivity index (χ1) is 11.5. The molecular formula is C17H16N2O4S. The Balaban J connectivity index is 1.68. The number of methoxy groups -OCH3 is 1. The van der Waals surface area contributed by atoms with Gasteiger partial charge in [-0.2, -0.15) is 0 Å². The van der Waals surface area contributed by atoms with E-state index in [-0.39, 0.29) is 25.0 Å². The van der Waals surface area contributed by atoms with Gasteiger partial charge in [0, 0.05) is 28.8 Å². The molecule has 1 amide bonds. The summed E-state index contributed by atoms with van der Waals surface area (Å²) in [6.45, 7) is 0. The van der Waals surface area contributed by atoms with Gasteiger partial charge < -0.3 is 14.9 Å². The first-order valence-corrected chi connectivity index (χ1v) is 8.20. The van der Waals surface area contributed by atoms with E-state index in [0.29, 0.717) is 22.0 Å². The van der Waals surface area contributed by atoms with E-state index < -0.39 is 5.91 Å². The molecule has 0 spiro atoms. The number of carbonyl (C=O) groups is 2. The number of Topliss-reactive ketones (excluding diaryl/α,β-unsaturated/α-hetero) is 1. The average molecular weight is 344 g/mol. The van der Waals surface area contributed by atoms with Crippen molar-refractivity contribution in [2.24, 2.45) is 5.73 Å². The highest BCUT2D eigenvalue weighted by molar-refractivity contribution is 7.09. The molecule has 7 heteroatoms. The molecule has 124 valence electrons. The Kier molecular flexibility index (Phi) is 4.61. The molecule has 0 saturated heterocycles. The van der Waals surface area contributed by atoms with Crippen LogP contribution in [0.2, 0.25) is 0 Å². The maximum absolute atomic E-state index is 12.3. The van der Waals surface area contributed by atoms with Crippen LogP contribution in [0.5, 0.6) is 5.75 Å². The van der Waals surface area contributed by atoms with Crippen molar-refractivity contribution >= 4 is 34.0 Å². The number of ketones is 1. The van der Waals surface area contributed by atoms with Gasteiger partial charge in [-0.15, -0.1) is 11.3 Å². The number of ether oxygens (including phenoxy) is 1. The van der Waals surface area contributed by atoms with Crippen LogP contribution in [0.4, 0.5) is 0 Å². The number of carbonyl (C=O) groups excluding carboxylic acids is 2. The third-order valence-electron chi connectivity index (χ3n) is 3.55. The molecule has 6 nitrogen and oxygen atoms in total. The van der Waals surface area contributed by atoms with Gasteiger partial charge in [-0.1, -0.05) is 0 Å². The quantitative estimate of drug-likeness (QED) is 0.709. The van der Waals surface area contributed by atoms with Crippen LogP contribution in [-0.2, 0) is 28.9 Å². The van der Waals surface area contributed by atoms with Crippen LogP contribution in [0.25, 0.3) is 11.0 Å². The molecular weight excluding hydrogens is 328 g/mol. The van der Waals surface area contributed by atoms with Crippen LogP contribution in [0, 0.1) is 0 Å². The Hall–Kier alpha value is -2.67. The minimum Gasteiger partial charge on any atom is -0.497 e. The zero-order chi connectivity index (χ0) is 17.1. The van der Waals surface area contributed by atoms with Crippen LogP contribution in [0.15, 0.2) is 34.3 Å². The summed E-state index contributed by atoms with van der Waals surface area (Å²) in [7, 11) is 1.59. The van der Waals surface area contributed by atoms with E-state index in [0.717, 1.165) is 10.9 Å². The molecule has 1 aromatic carbocycles. The normalized spacial score (nSPS) is 10.9. The topological polar surface area (TPSA) is 95.4 Å². The number of nitrogens with two attached hydrogens (primary N) is 1. The van der Waals surface area contributed by atoms with Crippen LogP contribution in [-0.4, -0.2) is 23.8 Å². The number of furan rings is 1. The summed E-state index contributed by atoms with van der Waals surface area (Å²) in [6, 6.07) is 5.51. The summed E-state index contributed by atoms with van der Waals surface area (Å²) in [4.78, 5) is 27.4. The number of amides is 1. The van der Waals surface area contributed by atoms with E-state index in [1.807, 2.05) is 12.1 Å². The molecule has 24 heavy (non-hydrogen) atoms. The fourth-order valence-electron chi connectivity index (χ4n) is 2.46. The summed E-state index contributed by atoms with van der Waals surface area (Å²) < 4.78 is 10.6. The van der Waals surface area contributed by atoms with Gasteiger partial charge in [-0.25, -0.2) is 4.98 Å². The molecule has 0 aliphatic carbocycles. The van der Waals surface area contributed by atoms with Crippen LogP contribution >= 0.6 is 11.3 Å². The number of primary amides is 1. The average Bonchev–Trinajstić information content (AvgIpc) is 3.13. The number of rotatable bonds is 7. The largest absolute Gasteiger partial charge is 0.497 e. The lowest BCUT2D eigenvalue weighted by Gasteiger charge is -2.00. The smallest absolute Gasteiger partial charge is 0.223 e. The second-order valence-corrected chi connectivity index (χ2v) is 6.33.